The maximum atomic E-state index is 13.5. The highest BCUT2D eigenvalue weighted by molar-refractivity contribution is 6.38. The van der Waals surface area contributed by atoms with Crippen LogP contribution in [0.5, 0.6) is 0 Å². The molecule has 0 saturated carbocycles. The number of Topliss-reactive ketones (excluding diaryl/α,β-unsaturated/α-hetero) is 2. The first-order valence-electron chi connectivity index (χ1n) is 15.2. The standard InChI is InChI=1S/C34H44FN3O7/c1-5-22(4)30(38-33(43)26(14-21(2)3)18-29(40)45-20-23-10-7-6-8-11-23)31(41)34(44)37-19-28(39)17-25(32(36)42)15-24-12-9-13-27(35)16-24/h6-13,16,21-22,25-26,30H,5,14-15,17-20H2,1-4H3,(H2,36,42)(H,37,44)(H,38,43). The summed E-state index contributed by atoms with van der Waals surface area (Å²) in [5.41, 5.74) is 6.73. The lowest BCUT2D eigenvalue weighted by Gasteiger charge is -2.26. The summed E-state index contributed by atoms with van der Waals surface area (Å²) in [5, 5.41) is 4.95. The highest BCUT2D eigenvalue weighted by Gasteiger charge is 2.34. The maximum absolute atomic E-state index is 13.5. The van der Waals surface area contributed by atoms with Gasteiger partial charge in [0.1, 0.15) is 12.4 Å². The lowest BCUT2D eigenvalue weighted by atomic mass is 9.90. The molecule has 11 heteroatoms. The first kappa shape index (κ1) is 36.8. The van der Waals surface area contributed by atoms with E-state index in [-0.39, 0.29) is 31.8 Å². The van der Waals surface area contributed by atoms with Crippen LogP contribution in [0.2, 0.25) is 0 Å². The molecule has 2 rings (SSSR count). The van der Waals surface area contributed by atoms with Gasteiger partial charge in [-0.15, -0.1) is 0 Å². The van der Waals surface area contributed by atoms with Gasteiger partial charge in [-0.05, 0) is 47.9 Å². The fourth-order valence-corrected chi connectivity index (χ4v) is 4.80. The summed E-state index contributed by atoms with van der Waals surface area (Å²) < 4.78 is 18.9. The smallest absolute Gasteiger partial charge is 0.306 e. The van der Waals surface area contributed by atoms with E-state index in [0.717, 1.165) is 5.56 Å². The first-order valence-corrected chi connectivity index (χ1v) is 15.2. The molecule has 0 aliphatic carbocycles. The van der Waals surface area contributed by atoms with Crippen LogP contribution in [0.15, 0.2) is 54.6 Å². The SMILES string of the molecule is CCC(C)C(NC(=O)C(CC(=O)OCc1ccccc1)CC(C)C)C(=O)C(=O)NCC(=O)CC(Cc1cccc(F)c1)C(N)=O. The molecule has 4 N–H and O–H groups in total. The minimum atomic E-state index is -1.20. The zero-order valence-corrected chi connectivity index (χ0v) is 26.3. The molecular formula is C34H44FN3O7. The number of amides is 3. The van der Waals surface area contributed by atoms with Crippen LogP contribution in [0.3, 0.4) is 0 Å². The molecule has 4 atom stereocenters. The van der Waals surface area contributed by atoms with Gasteiger partial charge in [0.05, 0.1) is 19.0 Å². The lowest BCUT2D eigenvalue weighted by molar-refractivity contribution is -0.149. The number of halogens is 1. The Morgan fingerprint density at radius 3 is 2.16 bits per heavy atom. The number of primary amides is 1. The van der Waals surface area contributed by atoms with Crippen molar-refractivity contribution in [2.75, 3.05) is 6.54 Å². The van der Waals surface area contributed by atoms with Crippen molar-refractivity contribution in [2.45, 2.75) is 72.4 Å². The van der Waals surface area contributed by atoms with E-state index in [2.05, 4.69) is 10.6 Å². The van der Waals surface area contributed by atoms with E-state index >= 15 is 0 Å². The predicted molar refractivity (Wildman–Crippen MR) is 166 cm³/mol. The van der Waals surface area contributed by atoms with Gasteiger partial charge in [-0.3, -0.25) is 28.8 Å². The fourth-order valence-electron chi connectivity index (χ4n) is 4.80. The van der Waals surface area contributed by atoms with E-state index in [0.29, 0.717) is 18.4 Å². The van der Waals surface area contributed by atoms with Crippen LogP contribution >= 0.6 is 0 Å². The van der Waals surface area contributed by atoms with E-state index in [1.807, 2.05) is 44.2 Å². The quantitative estimate of drug-likeness (QED) is 0.159. The Morgan fingerprint density at radius 1 is 0.889 bits per heavy atom. The summed E-state index contributed by atoms with van der Waals surface area (Å²) in [6.07, 6.45) is 0.326. The summed E-state index contributed by atoms with van der Waals surface area (Å²) >= 11 is 0. The number of ketones is 2. The van der Waals surface area contributed by atoms with E-state index in [4.69, 9.17) is 10.5 Å². The van der Waals surface area contributed by atoms with E-state index in [9.17, 15) is 33.2 Å². The molecule has 2 aromatic carbocycles. The van der Waals surface area contributed by atoms with Crippen LogP contribution < -0.4 is 16.4 Å². The third kappa shape index (κ3) is 13.0. The second-order valence-corrected chi connectivity index (χ2v) is 11.8. The van der Waals surface area contributed by atoms with Crippen LogP contribution in [-0.4, -0.2) is 47.8 Å². The number of benzene rings is 2. The minimum absolute atomic E-state index is 0.0329. The Kier molecular flexibility index (Phi) is 15.0. The van der Waals surface area contributed by atoms with Crippen molar-refractivity contribution >= 4 is 35.3 Å². The Morgan fingerprint density at radius 2 is 1.56 bits per heavy atom. The molecule has 2 aromatic rings. The zero-order valence-electron chi connectivity index (χ0n) is 26.3. The third-order valence-corrected chi connectivity index (χ3v) is 7.49. The van der Waals surface area contributed by atoms with Crippen molar-refractivity contribution < 1.29 is 37.9 Å². The normalized spacial score (nSPS) is 13.6. The zero-order chi connectivity index (χ0) is 33.5. The molecule has 0 aromatic heterocycles. The van der Waals surface area contributed by atoms with E-state index < -0.39 is 71.4 Å². The van der Waals surface area contributed by atoms with Crippen LogP contribution in [0, 0.1) is 29.5 Å². The molecule has 0 saturated heterocycles. The molecule has 0 heterocycles. The average Bonchev–Trinajstić information content (AvgIpc) is 3.00. The molecular weight excluding hydrogens is 581 g/mol. The number of esters is 1. The maximum Gasteiger partial charge on any atom is 0.306 e. The molecule has 0 spiro atoms. The number of ether oxygens (including phenoxy) is 1. The number of hydrogen-bond acceptors (Lipinski definition) is 7. The largest absolute Gasteiger partial charge is 0.461 e. The topological polar surface area (TPSA) is 162 Å². The van der Waals surface area contributed by atoms with Crippen molar-refractivity contribution in [1.29, 1.82) is 0 Å². The van der Waals surface area contributed by atoms with Crippen LogP contribution in [0.25, 0.3) is 0 Å². The van der Waals surface area contributed by atoms with Crippen molar-refractivity contribution in [1.82, 2.24) is 10.6 Å². The Bertz CT molecular complexity index is 1330. The van der Waals surface area contributed by atoms with Gasteiger partial charge in [0.15, 0.2) is 5.78 Å². The minimum Gasteiger partial charge on any atom is -0.461 e. The van der Waals surface area contributed by atoms with Crippen molar-refractivity contribution in [3.63, 3.8) is 0 Å². The third-order valence-electron chi connectivity index (χ3n) is 7.49. The highest BCUT2D eigenvalue weighted by Crippen LogP contribution is 2.19. The van der Waals surface area contributed by atoms with Crippen LogP contribution in [-0.2, 0) is 46.5 Å². The molecule has 0 aliphatic heterocycles. The van der Waals surface area contributed by atoms with Crippen LogP contribution in [0.4, 0.5) is 4.39 Å². The second kappa shape index (κ2) is 18.4. The predicted octanol–water partition coefficient (Wildman–Crippen LogP) is 3.44. The molecule has 45 heavy (non-hydrogen) atoms. The number of nitrogens with one attached hydrogen (secondary N) is 2. The van der Waals surface area contributed by atoms with Gasteiger partial charge in [-0.1, -0.05) is 76.6 Å². The number of carbonyl (C=O) groups excluding carboxylic acids is 6. The Labute approximate surface area is 263 Å². The molecule has 0 bridgehead atoms. The van der Waals surface area contributed by atoms with E-state index in [1.54, 1.807) is 19.9 Å². The highest BCUT2D eigenvalue weighted by atomic mass is 19.1. The molecule has 10 nitrogen and oxygen atoms in total. The average molecular weight is 626 g/mol. The van der Waals surface area contributed by atoms with Gasteiger partial charge < -0.3 is 21.1 Å². The molecule has 0 radical (unpaired) electrons. The second-order valence-electron chi connectivity index (χ2n) is 11.8. The Hall–Kier alpha value is -4.41. The van der Waals surface area contributed by atoms with Gasteiger partial charge >= 0.3 is 5.97 Å². The molecule has 0 fully saturated rings. The van der Waals surface area contributed by atoms with E-state index in [1.165, 1.54) is 18.2 Å². The van der Waals surface area contributed by atoms with Gasteiger partial charge in [0.25, 0.3) is 5.91 Å². The van der Waals surface area contributed by atoms with Crippen molar-refractivity contribution in [3.8, 4) is 0 Å². The number of carbonyl (C=O) groups is 6. The summed E-state index contributed by atoms with van der Waals surface area (Å²) in [6.45, 7) is 6.83. The summed E-state index contributed by atoms with van der Waals surface area (Å²) in [5.74, 6) is -7.02. The summed E-state index contributed by atoms with van der Waals surface area (Å²) in [4.78, 5) is 76.5. The van der Waals surface area contributed by atoms with Gasteiger partial charge in [-0.2, -0.15) is 0 Å². The van der Waals surface area contributed by atoms with Crippen molar-refractivity contribution in [2.24, 2.45) is 29.4 Å². The monoisotopic (exact) mass is 625 g/mol. The Balaban J connectivity index is 2.01. The van der Waals surface area contributed by atoms with Crippen LogP contribution in [0.1, 0.15) is 64.5 Å². The molecule has 0 aliphatic rings. The van der Waals surface area contributed by atoms with Gasteiger partial charge in [-0.25, -0.2) is 4.39 Å². The van der Waals surface area contributed by atoms with Crippen molar-refractivity contribution in [3.05, 3.63) is 71.5 Å². The first-order chi connectivity index (χ1) is 21.3. The number of nitrogens with two attached hydrogens (primary N) is 1. The lowest BCUT2D eigenvalue weighted by Crippen LogP contribution is -2.52. The molecule has 4 unspecified atom stereocenters. The number of rotatable bonds is 19. The summed E-state index contributed by atoms with van der Waals surface area (Å²) in [6, 6.07) is 13.5. The van der Waals surface area contributed by atoms with Gasteiger partial charge in [0.2, 0.25) is 17.6 Å². The molecule has 244 valence electrons. The summed E-state index contributed by atoms with van der Waals surface area (Å²) in [7, 11) is 0. The van der Waals surface area contributed by atoms with Gasteiger partial charge in [0, 0.05) is 18.3 Å². The fraction of sp³-hybridized carbons (Fsp3) is 0.471. The molecule has 3 amide bonds. The number of hydrogen-bond donors (Lipinski definition) is 3.